The molecule has 1 fully saturated rings. The Balaban J connectivity index is 2.14. The van der Waals surface area contributed by atoms with Crippen LogP contribution in [0.2, 0.25) is 0 Å². The number of hydrogen-bond acceptors (Lipinski definition) is 3. The molecule has 0 amide bonds. The molecule has 0 spiro atoms. The van der Waals surface area contributed by atoms with Crippen molar-refractivity contribution in [3.8, 4) is 0 Å². The van der Waals surface area contributed by atoms with E-state index in [1.54, 1.807) is 0 Å². The summed E-state index contributed by atoms with van der Waals surface area (Å²) in [6.45, 7) is 2.34. The van der Waals surface area contributed by atoms with Crippen LogP contribution in [0.5, 0.6) is 0 Å². The highest BCUT2D eigenvalue weighted by Crippen LogP contribution is 2.38. The van der Waals surface area contributed by atoms with Gasteiger partial charge in [-0.1, -0.05) is 18.6 Å². The lowest BCUT2D eigenvalue weighted by molar-refractivity contribution is 0.362. The zero-order chi connectivity index (χ0) is 10.8. The molecule has 1 aliphatic carbocycles. The van der Waals surface area contributed by atoms with Gasteiger partial charge < -0.3 is 5.32 Å². The average molecular weight is 208 g/mol. The third-order valence-corrected chi connectivity index (χ3v) is 3.59. The fourth-order valence-corrected chi connectivity index (χ4v) is 2.76. The summed E-state index contributed by atoms with van der Waals surface area (Å²) >= 11 is 0. The first kappa shape index (κ1) is 10.6. The van der Waals surface area contributed by atoms with Crippen molar-refractivity contribution in [1.29, 1.82) is 0 Å². The number of rotatable bonds is 3. The third kappa shape index (κ3) is 2.04. The molecule has 1 aromatic heterocycles. The van der Waals surface area contributed by atoms with Gasteiger partial charge in [0.05, 0.1) is 17.9 Å². The predicted octanol–water partition coefficient (Wildman–Crippen LogP) is 1.51. The van der Waals surface area contributed by atoms with Crippen LogP contribution in [0.15, 0.2) is 6.20 Å². The zero-order valence-corrected chi connectivity index (χ0v) is 9.77. The minimum atomic E-state index is 0.412. The Labute approximate surface area is 91.1 Å². The number of aryl methyl sites for hydroxylation is 1. The minimum Gasteiger partial charge on any atom is -0.311 e. The fraction of sp³-hybridized carbons (Fsp3) is 0.818. The molecule has 2 rings (SSSR count). The summed E-state index contributed by atoms with van der Waals surface area (Å²) in [5.41, 5.74) is 1.21. The standard InChI is InChI=1S/C11H20N4/c1-8-4-5-9(6-8)11(12-2)10-7-13-14-15(10)3/h7-9,11-12H,4-6H2,1-3H3. The first-order valence-corrected chi connectivity index (χ1v) is 5.74. The lowest BCUT2D eigenvalue weighted by Gasteiger charge is -2.22. The first-order valence-electron chi connectivity index (χ1n) is 5.74. The molecule has 3 unspecified atom stereocenters. The third-order valence-electron chi connectivity index (χ3n) is 3.59. The quantitative estimate of drug-likeness (QED) is 0.818. The molecular formula is C11H20N4. The Morgan fingerprint density at radius 3 is 2.80 bits per heavy atom. The topological polar surface area (TPSA) is 42.7 Å². The highest BCUT2D eigenvalue weighted by atomic mass is 15.4. The summed E-state index contributed by atoms with van der Waals surface area (Å²) in [6.07, 6.45) is 5.87. The van der Waals surface area contributed by atoms with E-state index in [0.29, 0.717) is 6.04 Å². The van der Waals surface area contributed by atoms with Crippen LogP contribution in [0.25, 0.3) is 0 Å². The van der Waals surface area contributed by atoms with Crippen molar-refractivity contribution in [1.82, 2.24) is 20.3 Å². The molecule has 4 nitrogen and oxygen atoms in total. The molecule has 3 atom stereocenters. The van der Waals surface area contributed by atoms with Gasteiger partial charge in [-0.25, -0.2) is 0 Å². The predicted molar refractivity (Wildman–Crippen MR) is 59.3 cm³/mol. The molecule has 0 saturated heterocycles. The highest BCUT2D eigenvalue weighted by molar-refractivity contribution is 5.04. The maximum atomic E-state index is 4.00. The average Bonchev–Trinajstić information content (AvgIpc) is 2.79. The lowest BCUT2D eigenvalue weighted by atomic mass is 9.95. The van der Waals surface area contributed by atoms with E-state index in [9.17, 15) is 0 Å². The summed E-state index contributed by atoms with van der Waals surface area (Å²) in [6, 6.07) is 0.412. The molecular weight excluding hydrogens is 188 g/mol. The van der Waals surface area contributed by atoms with Crippen molar-refractivity contribution in [2.75, 3.05) is 7.05 Å². The van der Waals surface area contributed by atoms with Crippen LogP contribution in [0.4, 0.5) is 0 Å². The molecule has 1 aliphatic rings. The van der Waals surface area contributed by atoms with Gasteiger partial charge in [-0.3, -0.25) is 4.68 Å². The van der Waals surface area contributed by atoms with E-state index in [1.807, 2.05) is 25.0 Å². The summed E-state index contributed by atoms with van der Waals surface area (Å²) in [7, 11) is 3.99. The van der Waals surface area contributed by atoms with Gasteiger partial charge in [0.2, 0.25) is 0 Å². The van der Waals surface area contributed by atoms with Crippen molar-refractivity contribution in [3.05, 3.63) is 11.9 Å². The molecule has 0 aliphatic heterocycles. The van der Waals surface area contributed by atoms with Gasteiger partial charge in [-0.05, 0) is 31.7 Å². The summed E-state index contributed by atoms with van der Waals surface area (Å²) in [5, 5.41) is 11.4. The van der Waals surface area contributed by atoms with Crippen LogP contribution in [0, 0.1) is 11.8 Å². The normalized spacial score (nSPS) is 28.2. The highest BCUT2D eigenvalue weighted by Gasteiger charge is 2.30. The molecule has 0 bridgehead atoms. The van der Waals surface area contributed by atoms with E-state index < -0.39 is 0 Å². The second kappa shape index (κ2) is 4.31. The van der Waals surface area contributed by atoms with Crippen LogP contribution in [-0.4, -0.2) is 22.0 Å². The molecule has 1 N–H and O–H groups in total. The fourth-order valence-electron chi connectivity index (χ4n) is 2.76. The number of nitrogens with one attached hydrogen (secondary N) is 1. The number of hydrogen-bond donors (Lipinski definition) is 1. The van der Waals surface area contributed by atoms with Gasteiger partial charge in [-0.15, -0.1) is 5.10 Å². The first-order chi connectivity index (χ1) is 7.22. The van der Waals surface area contributed by atoms with Gasteiger partial charge >= 0.3 is 0 Å². The van der Waals surface area contributed by atoms with Gasteiger partial charge in [0.25, 0.3) is 0 Å². The number of aromatic nitrogens is 3. The van der Waals surface area contributed by atoms with Gasteiger partial charge in [0.15, 0.2) is 0 Å². The monoisotopic (exact) mass is 208 g/mol. The van der Waals surface area contributed by atoms with Gasteiger partial charge in [-0.2, -0.15) is 0 Å². The van der Waals surface area contributed by atoms with Crippen molar-refractivity contribution in [2.24, 2.45) is 18.9 Å². The van der Waals surface area contributed by atoms with E-state index in [4.69, 9.17) is 0 Å². The van der Waals surface area contributed by atoms with Crippen LogP contribution < -0.4 is 5.32 Å². The van der Waals surface area contributed by atoms with Gasteiger partial charge in [0.1, 0.15) is 0 Å². The Morgan fingerprint density at radius 2 is 2.33 bits per heavy atom. The summed E-state index contributed by atoms with van der Waals surface area (Å²) in [4.78, 5) is 0. The second-order valence-corrected chi connectivity index (χ2v) is 4.73. The van der Waals surface area contributed by atoms with Crippen molar-refractivity contribution < 1.29 is 0 Å². The molecule has 15 heavy (non-hydrogen) atoms. The Morgan fingerprint density at radius 1 is 1.53 bits per heavy atom. The van der Waals surface area contributed by atoms with Crippen LogP contribution in [0.3, 0.4) is 0 Å². The Hall–Kier alpha value is -0.900. The Kier molecular flexibility index (Phi) is 3.05. The molecule has 1 aromatic rings. The molecule has 1 heterocycles. The van der Waals surface area contributed by atoms with Crippen LogP contribution in [-0.2, 0) is 7.05 Å². The maximum Gasteiger partial charge on any atom is 0.0755 e. The summed E-state index contributed by atoms with van der Waals surface area (Å²) in [5.74, 6) is 1.61. The van der Waals surface area contributed by atoms with E-state index in [1.165, 1.54) is 25.0 Å². The van der Waals surface area contributed by atoms with Gasteiger partial charge in [0, 0.05) is 7.05 Å². The SMILES string of the molecule is CNC(c1cnnn1C)C1CCC(C)C1. The minimum absolute atomic E-state index is 0.412. The summed E-state index contributed by atoms with van der Waals surface area (Å²) < 4.78 is 1.88. The van der Waals surface area contributed by atoms with Crippen molar-refractivity contribution >= 4 is 0 Å². The molecule has 0 aromatic carbocycles. The van der Waals surface area contributed by atoms with E-state index in [0.717, 1.165) is 11.8 Å². The van der Waals surface area contributed by atoms with E-state index in [2.05, 4.69) is 22.6 Å². The van der Waals surface area contributed by atoms with E-state index >= 15 is 0 Å². The Bertz CT molecular complexity index is 320. The maximum absolute atomic E-state index is 4.00. The molecule has 1 saturated carbocycles. The number of nitrogens with zero attached hydrogens (tertiary/aromatic N) is 3. The molecule has 4 heteroatoms. The van der Waals surface area contributed by atoms with Crippen LogP contribution >= 0.6 is 0 Å². The van der Waals surface area contributed by atoms with Crippen LogP contribution in [0.1, 0.15) is 37.9 Å². The smallest absolute Gasteiger partial charge is 0.0755 e. The van der Waals surface area contributed by atoms with Crippen molar-refractivity contribution in [3.63, 3.8) is 0 Å². The molecule has 0 radical (unpaired) electrons. The second-order valence-electron chi connectivity index (χ2n) is 4.73. The molecule has 84 valence electrons. The largest absolute Gasteiger partial charge is 0.311 e. The van der Waals surface area contributed by atoms with Crippen molar-refractivity contribution in [2.45, 2.75) is 32.2 Å². The zero-order valence-electron chi connectivity index (χ0n) is 9.77. The van der Waals surface area contributed by atoms with E-state index in [-0.39, 0.29) is 0 Å². The lowest BCUT2D eigenvalue weighted by Crippen LogP contribution is -2.26.